The molecule has 0 radical (unpaired) electrons. The van der Waals surface area contributed by atoms with E-state index in [1.54, 1.807) is 17.4 Å². The molecule has 1 N–H and O–H groups in total. The maximum absolute atomic E-state index is 6.10. The third kappa shape index (κ3) is 4.51. The van der Waals surface area contributed by atoms with Crippen LogP contribution >= 0.6 is 34.5 Å². The first-order chi connectivity index (χ1) is 13.2. The first-order valence-corrected chi connectivity index (χ1v) is 10.1. The van der Waals surface area contributed by atoms with Crippen molar-refractivity contribution in [2.75, 3.05) is 5.32 Å². The smallest absolute Gasteiger partial charge is 0.187 e. The number of thiazole rings is 1. The fraction of sp³-hybridized carbons (Fsp3) is 0.0455. The van der Waals surface area contributed by atoms with E-state index in [0.29, 0.717) is 10.0 Å². The van der Waals surface area contributed by atoms with Crippen LogP contribution in [0, 0.1) is 0 Å². The number of aromatic nitrogens is 1. The van der Waals surface area contributed by atoms with Crippen molar-refractivity contribution in [1.29, 1.82) is 0 Å². The Hall–Kier alpha value is -2.33. The number of hydrogen-bond donors (Lipinski definition) is 1. The molecule has 0 spiro atoms. The normalized spacial score (nSPS) is 10.7. The third-order valence-electron chi connectivity index (χ3n) is 4.18. The molecule has 0 bridgehead atoms. The van der Waals surface area contributed by atoms with E-state index in [9.17, 15) is 0 Å². The van der Waals surface area contributed by atoms with Crippen LogP contribution in [0.3, 0.4) is 0 Å². The second-order valence-electron chi connectivity index (χ2n) is 6.15. The predicted octanol–water partition coefficient (Wildman–Crippen LogP) is 7.45. The Morgan fingerprint density at radius 3 is 2.30 bits per heavy atom. The Balaban J connectivity index is 1.45. The van der Waals surface area contributed by atoms with E-state index < -0.39 is 0 Å². The van der Waals surface area contributed by atoms with E-state index in [0.717, 1.165) is 28.5 Å². The van der Waals surface area contributed by atoms with Crippen LogP contribution in [0.2, 0.25) is 10.0 Å². The van der Waals surface area contributed by atoms with Gasteiger partial charge >= 0.3 is 0 Å². The van der Waals surface area contributed by atoms with Gasteiger partial charge in [0, 0.05) is 16.6 Å². The molecule has 4 rings (SSSR count). The maximum atomic E-state index is 6.10. The predicted molar refractivity (Wildman–Crippen MR) is 117 cm³/mol. The molecule has 0 atom stereocenters. The molecule has 1 heterocycles. The van der Waals surface area contributed by atoms with Crippen molar-refractivity contribution in [3.8, 4) is 11.3 Å². The summed E-state index contributed by atoms with van der Waals surface area (Å²) in [5.74, 6) is 0. The highest BCUT2D eigenvalue weighted by Crippen LogP contribution is 2.31. The Bertz CT molecular complexity index is 1040. The minimum Gasteiger partial charge on any atom is -0.332 e. The van der Waals surface area contributed by atoms with Gasteiger partial charge in [-0.25, -0.2) is 4.98 Å². The Kier molecular flexibility index (Phi) is 5.44. The number of rotatable bonds is 5. The zero-order valence-electron chi connectivity index (χ0n) is 14.3. The van der Waals surface area contributed by atoms with Crippen LogP contribution in [0.15, 0.2) is 78.2 Å². The van der Waals surface area contributed by atoms with Gasteiger partial charge in [-0.2, -0.15) is 0 Å². The van der Waals surface area contributed by atoms with E-state index in [2.05, 4.69) is 58.8 Å². The van der Waals surface area contributed by atoms with Gasteiger partial charge in [0.05, 0.1) is 15.7 Å². The van der Waals surface area contributed by atoms with Crippen LogP contribution in [0.4, 0.5) is 10.8 Å². The molecule has 0 saturated carbocycles. The van der Waals surface area contributed by atoms with Gasteiger partial charge < -0.3 is 5.32 Å². The molecule has 134 valence electrons. The number of nitrogens with zero attached hydrogens (tertiary/aromatic N) is 1. The molecule has 0 aliphatic rings. The first kappa shape index (κ1) is 18.1. The lowest BCUT2D eigenvalue weighted by molar-refractivity contribution is 1.19. The van der Waals surface area contributed by atoms with Crippen molar-refractivity contribution in [1.82, 2.24) is 4.98 Å². The molecule has 0 aliphatic carbocycles. The van der Waals surface area contributed by atoms with Crippen molar-refractivity contribution in [3.63, 3.8) is 0 Å². The molecular weight excluding hydrogens is 395 g/mol. The summed E-state index contributed by atoms with van der Waals surface area (Å²) < 4.78 is 0. The second kappa shape index (κ2) is 8.13. The highest BCUT2D eigenvalue weighted by atomic mass is 35.5. The van der Waals surface area contributed by atoms with Crippen LogP contribution in [0.5, 0.6) is 0 Å². The fourth-order valence-electron chi connectivity index (χ4n) is 2.78. The van der Waals surface area contributed by atoms with Gasteiger partial charge in [-0.05, 0) is 41.8 Å². The van der Waals surface area contributed by atoms with E-state index in [1.165, 1.54) is 11.1 Å². The quantitative estimate of drug-likeness (QED) is 0.369. The standard InChI is InChI=1S/C22H16Cl2N2S/c23-19-11-8-17(13-20(19)24)21-14-27-22(26-21)25-18-9-6-16(7-10-18)12-15-4-2-1-3-5-15/h1-11,13-14H,12H2,(H,25,26). The summed E-state index contributed by atoms with van der Waals surface area (Å²) in [6.07, 6.45) is 0.930. The Morgan fingerprint density at radius 1 is 0.815 bits per heavy atom. The highest BCUT2D eigenvalue weighted by Gasteiger charge is 2.07. The molecule has 1 aromatic heterocycles. The zero-order valence-corrected chi connectivity index (χ0v) is 16.7. The number of halogens is 2. The van der Waals surface area contributed by atoms with Crippen molar-refractivity contribution in [2.24, 2.45) is 0 Å². The number of hydrogen-bond acceptors (Lipinski definition) is 3. The summed E-state index contributed by atoms with van der Waals surface area (Å²) in [6.45, 7) is 0. The molecule has 0 amide bonds. The number of anilines is 2. The highest BCUT2D eigenvalue weighted by molar-refractivity contribution is 7.14. The Labute approximate surface area is 172 Å². The lowest BCUT2D eigenvalue weighted by Gasteiger charge is -2.05. The first-order valence-electron chi connectivity index (χ1n) is 8.48. The molecule has 2 nitrogen and oxygen atoms in total. The summed E-state index contributed by atoms with van der Waals surface area (Å²) in [6, 6.07) is 24.5. The zero-order chi connectivity index (χ0) is 18.6. The molecule has 0 fully saturated rings. The van der Waals surface area contributed by atoms with Gasteiger partial charge in [-0.15, -0.1) is 11.3 Å². The fourth-order valence-corrected chi connectivity index (χ4v) is 3.82. The van der Waals surface area contributed by atoms with Gasteiger partial charge in [0.2, 0.25) is 0 Å². The van der Waals surface area contributed by atoms with E-state index in [1.807, 2.05) is 23.6 Å². The topological polar surface area (TPSA) is 24.9 Å². The lowest BCUT2D eigenvalue weighted by Crippen LogP contribution is -1.92. The second-order valence-corrected chi connectivity index (χ2v) is 7.82. The molecule has 0 unspecified atom stereocenters. The molecule has 27 heavy (non-hydrogen) atoms. The maximum Gasteiger partial charge on any atom is 0.187 e. The molecule has 4 aromatic rings. The lowest BCUT2D eigenvalue weighted by atomic mass is 10.1. The number of nitrogens with one attached hydrogen (secondary N) is 1. The number of benzene rings is 3. The Morgan fingerprint density at radius 2 is 1.56 bits per heavy atom. The minimum absolute atomic E-state index is 0.533. The average Bonchev–Trinajstić information content (AvgIpc) is 3.15. The minimum atomic E-state index is 0.533. The summed E-state index contributed by atoms with van der Waals surface area (Å²) >= 11 is 13.6. The monoisotopic (exact) mass is 410 g/mol. The van der Waals surface area contributed by atoms with Crippen LogP contribution in [0.25, 0.3) is 11.3 Å². The summed E-state index contributed by atoms with van der Waals surface area (Å²) in [5, 5.41) is 7.28. The molecular formula is C22H16Cl2N2S. The van der Waals surface area contributed by atoms with Gasteiger partial charge in [0.1, 0.15) is 0 Å². The summed E-state index contributed by atoms with van der Waals surface area (Å²) in [7, 11) is 0. The molecule has 0 aliphatic heterocycles. The van der Waals surface area contributed by atoms with E-state index in [-0.39, 0.29) is 0 Å². The van der Waals surface area contributed by atoms with E-state index in [4.69, 9.17) is 23.2 Å². The average molecular weight is 411 g/mol. The van der Waals surface area contributed by atoms with Crippen molar-refractivity contribution >= 4 is 45.4 Å². The van der Waals surface area contributed by atoms with Crippen LogP contribution in [0.1, 0.15) is 11.1 Å². The largest absolute Gasteiger partial charge is 0.332 e. The molecule has 3 aromatic carbocycles. The third-order valence-corrected chi connectivity index (χ3v) is 5.67. The van der Waals surface area contributed by atoms with Gasteiger partial charge in [-0.1, -0.05) is 71.7 Å². The van der Waals surface area contributed by atoms with Crippen LogP contribution in [-0.2, 0) is 6.42 Å². The van der Waals surface area contributed by atoms with Crippen molar-refractivity contribution in [3.05, 3.63) is 99.3 Å². The van der Waals surface area contributed by atoms with Crippen LogP contribution < -0.4 is 5.32 Å². The van der Waals surface area contributed by atoms with E-state index >= 15 is 0 Å². The summed E-state index contributed by atoms with van der Waals surface area (Å²) in [4.78, 5) is 4.64. The SMILES string of the molecule is Clc1ccc(-c2csc(Nc3ccc(Cc4ccccc4)cc3)n2)cc1Cl. The molecule has 0 saturated heterocycles. The summed E-state index contributed by atoms with van der Waals surface area (Å²) in [5.41, 5.74) is 5.43. The molecule has 5 heteroatoms. The van der Waals surface area contributed by atoms with Crippen LogP contribution in [-0.4, -0.2) is 4.98 Å². The van der Waals surface area contributed by atoms with Crippen molar-refractivity contribution < 1.29 is 0 Å². The van der Waals surface area contributed by atoms with Gasteiger partial charge in [-0.3, -0.25) is 0 Å². The van der Waals surface area contributed by atoms with Crippen molar-refractivity contribution in [2.45, 2.75) is 6.42 Å². The van der Waals surface area contributed by atoms with Gasteiger partial charge in [0.15, 0.2) is 5.13 Å². The van der Waals surface area contributed by atoms with Gasteiger partial charge in [0.25, 0.3) is 0 Å².